The first-order chi connectivity index (χ1) is 10.1. The molecule has 1 aliphatic heterocycles. The van der Waals surface area contributed by atoms with Crippen LogP contribution in [0.1, 0.15) is 6.99 Å². The molecule has 0 fully saturated rings. The van der Waals surface area contributed by atoms with Crippen molar-refractivity contribution in [2.24, 2.45) is 10.7 Å². The molecular formula is C15H10ClF2N3S. The van der Waals surface area contributed by atoms with Crippen LogP contribution in [-0.2, 0) is 0 Å². The Bertz CT molecular complexity index is 926. The maximum atomic E-state index is 13.4. The molecule has 22 heavy (non-hydrogen) atoms. The predicted molar refractivity (Wildman–Crippen MR) is 83.0 cm³/mol. The molecule has 3 N–H and O–H groups in total. The van der Waals surface area contributed by atoms with Gasteiger partial charge in [0.25, 0.3) is 0 Å². The standard InChI is InChI=1S/C15H9F2N3S.ClH/c16-8-5-10-11(6-9(8)17)20-15-13(14(18)19-10)7-3-1-2-4-12(7)21-15;/h1-6,20H,(H2,18,19);1H. The number of anilines is 2. The van der Waals surface area contributed by atoms with Crippen LogP contribution in [0, 0.1) is 11.6 Å². The van der Waals surface area contributed by atoms with E-state index in [0.717, 1.165) is 32.8 Å². The van der Waals surface area contributed by atoms with Gasteiger partial charge in [0.05, 0.1) is 16.9 Å². The molecule has 1 aromatic heterocycles. The normalized spacial score (nSPS) is 12.5. The third-order valence-electron chi connectivity index (χ3n) is 3.38. The van der Waals surface area contributed by atoms with Crippen LogP contribution in [-0.4, -0.2) is 5.84 Å². The van der Waals surface area contributed by atoms with Gasteiger partial charge in [-0.3, -0.25) is 0 Å². The molecule has 4 rings (SSSR count). The number of hydrogen-bond acceptors (Lipinski definition) is 4. The van der Waals surface area contributed by atoms with Crippen LogP contribution in [0.25, 0.3) is 10.1 Å². The van der Waals surface area contributed by atoms with E-state index in [1.54, 1.807) is 0 Å². The molecule has 0 atom stereocenters. The van der Waals surface area contributed by atoms with Crippen molar-refractivity contribution in [3.8, 4) is 0 Å². The average Bonchev–Trinajstić information content (AvgIpc) is 2.76. The Hall–Kier alpha value is -2.18. The molecule has 0 unspecified atom stereocenters. The summed E-state index contributed by atoms with van der Waals surface area (Å²) >= 11 is 1.50. The van der Waals surface area contributed by atoms with Crippen molar-refractivity contribution in [1.82, 2.24) is 0 Å². The Kier molecular flexibility index (Phi) is 3.50. The second kappa shape index (κ2) is 5.23. The van der Waals surface area contributed by atoms with E-state index in [2.05, 4.69) is 10.3 Å². The van der Waals surface area contributed by atoms with Gasteiger partial charge < -0.3 is 23.5 Å². The second-order valence-electron chi connectivity index (χ2n) is 4.71. The fraction of sp³-hybridized carbons (Fsp3) is 0. The summed E-state index contributed by atoms with van der Waals surface area (Å²) in [5, 5.41) is 4.86. The number of hydrogen-bond donors (Lipinski definition) is 2. The molecule has 0 spiro atoms. The van der Waals surface area contributed by atoms with Crippen LogP contribution in [0.2, 0.25) is 0 Å². The number of nitrogens with zero attached hydrogens (tertiary/aromatic N) is 1. The molecule has 0 aliphatic carbocycles. The molecule has 7 heteroatoms. The molecule has 3 aromatic rings. The van der Waals surface area contributed by atoms with Crippen LogP contribution in [0.5, 0.6) is 0 Å². The highest BCUT2D eigenvalue weighted by atomic mass is 35.5. The van der Waals surface area contributed by atoms with Gasteiger partial charge in [-0.1, -0.05) is 18.2 Å². The van der Waals surface area contributed by atoms with Gasteiger partial charge in [0.2, 0.25) is 0 Å². The maximum Gasteiger partial charge on any atom is 1.00 e. The van der Waals surface area contributed by atoms with E-state index in [0.29, 0.717) is 17.2 Å². The first-order valence-corrected chi connectivity index (χ1v) is 7.07. The lowest BCUT2D eigenvalue weighted by molar-refractivity contribution is -0.00000517. The number of nitrogens with two attached hydrogens (primary N) is 1. The first-order valence-electron chi connectivity index (χ1n) is 6.25. The number of halogens is 3. The molecule has 0 saturated carbocycles. The molecule has 2 aromatic carbocycles. The van der Waals surface area contributed by atoms with Crippen molar-refractivity contribution in [1.29, 1.82) is 0 Å². The van der Waals surface area contributed by atoms with Gasteiger partial charge in [-0.05, 0) is 6.07 Å². The summed E-state index contributed by atoms with van der Waals surface area (Å²) in [7, 11) is 0. The molecular weight excluding hydrogens is 328 g/mol. The minimum atomic E-state index is -0.942. The average molecular weight is 338 g/mol. The van der Waals surface area contributed by atoms with Gasteiger partial charge >= 0.3 is 1.43 Å². The zero-order valence-corrected chi connectivity index (χ0v) is 12.6. The zero-order chi connectivity index (χ0) is 14.6. The Morgan fingerprint density at radius 1 is 1.14 bits per heavy atom. The molecule has 2 heterocycles. The maximum absolute atomic E-state index is 13.4. The number of rotatable bonds is 0. The monoisotopic (exact) mass is 337 g/mol. The molecule has 0 saturated heterocycles. The summed E-state index contributed by atoms with van der Waals surface area (Å²) in [6, 6.07) is 9.93. The van der Waals surface area contributed by atoms with Crippen LogP contribution >= 0.6 is 11.3 Å². The van der Waals surface area contributed by atoms with Crippen LogP contribution < -0.4 is 23.5 Å². The Labute approximate surface area is 136 Å². The van der Waals surface area contributed by atoms with E-state index in [1.807, 2.05) is 24.3 Å². The molecule has 1 aliphatic rings. The highest BCUT2D eigenvalue weighted by Gasteiger charge is 2.21. The predicted octanol–water partition coefficient (Wildman–Crippen LogP) is 1.39. The summed E-state index contributed by atoms with van der Waals surface area (Å²) < 4.78 is 27.8. The van der Waals surface area contributed by atoms with Gasteiger partial charge in [-0.2, -0.15) is 0 Å². The number of fused-ring (bicyclic) bond motifs is 4. The smallest absolute Gasteiger partial charge is 1.00 e. The van der Waals surface area contributed by atoms with Crippen LogP contribution in [0.4, 0.5) is 25.2 Å². The summed E-state index contributed by atoms with van der Waals surface area (Å²) in [5.41, 5.74) is 7.53. The lowest BCUT2D eigenvalue weighted by Gasteiger charge is -2.06. The van der Waals surface area contributed by atoms with Gasteiger partial charge in [0.1, 0.15) is 10.8 Å². The van der Waals surface area contributed by atoms with Crippen LogP contribution in [0.15, 0.2) is 41.4 Å². The number of aliphatic imine (C=N–C) groups is 1. The van der Waals surface area contributed by atoms with E-state index < -0.39 is 11.6 Å². The zero-order valence-electron chi connectivity index (χ0n) is 12.0. The van der Waals surface area contributed by atoms with Crippen molar-refractivity contribution < 1.29 is 22.6 Å². The molecule has 3 nitrogen and oxygen atoms in total. The summed E-state index contributed by atoms with van der Waals surface area (Å²) in [5.74, 6) is -1.57. The third-order valence-corrected chi connectivity index (χ3v) is 4.47. The summed E-state index contributed by atoms with van der Waals surface area (Å²) in [6.07, 6.45) is 0. The molecule has 112 valence electrons. The number of amidine groups is 1. The first kappa shape index (κ1) is 14.7. The van der Waals surface area contributed by atoms with E-state index >= 15 is 0 Å². The third kappa shape index (κ3) is 2.12. The van der Waals surface area contributed by atoms with Crippen molar-refractivity contribution >= 4 is 43.6 Å². The lowest BCUT2D eigenvalue weighted by Crippen LogP contribution is -3.00. The highest BCUT2D eigenvalue weighted by molar-refractivity contribution is 7.23. The summed E-state index contributed by atoms with van der Waals surface area (Å²) in [4.78, 5) is 4.24. The Morgan fingerprint density at radius 3 is 2.68 bits per heavy atom. The van der Waals surface area contributed by atoms with Gasteiger partial charge in [0, 0.05) is 22.2 Å². The molecule has 0 radical (unpaired) electrons. The second-order valence-corrected chi connectivity index (χ2v) is 5.76. The minimum absolute atomic E-state index is 0. The fourth-order valence-electron chi connectivity index (χ4n) is 2.42. The minimum Gasteiger partial charge on any atom is -1.00 e. The van der Waals surface area contributed by atoms with Gasteiger partial charge in [-0.25, -0.2) is 13.8 Å². The topological polar surface area (TPSA) is 50.4 Å². The van der Waals surface area contributed by atoms with Crippen molar-refractivity contribution in [3.05, 3.63) is 53.6 Å². The summed E-state index contributed by atoms with van der Waals surface area (Å²) in [6.45, 7) is 0. The van der Waals surface area contributed by atoms with Crippen molar-refractivity contribution in [2.45, 2.75) is 0 Å². The van der Waals surface area contributed by atoms with E-state index in [1.165, 1.54) is 11.3 Å². The van der Waals surface area contributed by atoms with Gasteiger partial charge in [-0.15, -0.1) is 11.3 Å². The van der Waals surface area contributed by atoms with Crippen molar-refractivity contribution in [2.75, 3.05) is 5.32 Å². The quantitative estimate of drug-likeness (QED) is 0.651. The van der Waals surface area contributed by atoms with Crippen LogP contribution in [0.3, 0.4) is 0 Å². The highest BCUT2D eigenvalue weighted by Crippen LogP contribution is 2.42. The molecule has 0 bridgehead atoms. The lowest BCUT2D eigenvalue weighted by atomic mass is 10.1. The number of benzene rings is 2. The largest absolute Gasteiger partial charge is 1.00 e. The van der Waals surface area contributed by atoms with Gasteiger partial charge in [0.15, 0.2) is 11.6 Å². The number of thiophene rings is 1. The Balaban J connectivity index is 0.000000960. The van der Waals surface area contributed by atoms with E-state index in [4.69, 9.17) is 5.73 Å². The van der Waals surface area contributed by atoms with E-state index in [9.17, 15) is 8.78 Å². The number of nitrogens with one attached hydrogen (secondary N) is 1. The van der Waals surface area contributed by atoms with E-state index in [-0.39, 0.29) is 13.8 Å². The molecule has 0 amide bonds. The Morgan fingerprint density at radius 2 is 1.86 bits per heavy atom. The fourth-order valence-corrected chi connectivity index (χ4v) is 3.55. The van der Waals surface area contributed by atoms with Crippen molar-refractivity contribution in [3.63, 3.8) is 0 Å². The SMILES string of the molecule is NC1=Nc2cc(F)c(F)cc2Nc2sc3ccccc3c21.[Cl-].[H+].